The average Bonchev–Trinajstić information content (AvgIpc) is 3.97. The summed E-state index contributed by atoms with van der Waals surface area (Å²) in [7, 11) is 0. The van der Waals surface area contributed by atoms with Gasteiger partial charge in [-0.1, -0.05) is 115 Å². The first-order valence-electron chi connectivity index (χ1n) is 18.1. The van der Waals surface area contributed by atoms with Gasteiger partial charge in [-0.2, -0.15) is 0 Å². The largest absolute Gasteiger partial charge is 0.456 e. The number of aromatic nitrogens is 4. The third-order valence-electron chi connectivity index (χ3n) is 10.6. The van der Waals surface area contributed by atoms with Crippen molar-refractivity contribution in [3.8, 4) is 45.6 Å². The lowest BCUT2D eigenvalue weighted by atomic mass is 10.0. The molecular weight excluding hydrogens is 697 g/mol. The molecule has 0 fully saturated rings. The predicted molar refractivity (Wildman–Crippen MR) is 224 cm³/mol. The van der Waals surface area contributed by atoms with Crippen molar-refractivity contribution in [2.24, 2.45) is 0 Å². The van der Waals surface area contributed by atoms with Crippen LogP contribution in [0.3, 0.4) is 0 Å². The van der Waals surface area contributed by atoms with Gasteiger partial charge in [0, 0.05) is 47.8 Å². The molecule has 55 heavy (non-hydrogen) atoms. The lowest BCUT2D eigenvalue weighted by Gasteiger charge is -2.10. The Bertz CT molecular complexity index is 3500. The summed E-state index contributed by atoms with van der Waals surface area (Å²) in [5.74, 6) is 2.42. The third kappa shape index (κ3) is 4.67. The van der Waals surface area contributed by atoms with Crippen LogP contribution >= 0.6 is 11.3 Å². The summed E-state index contributed by atoms with van der Waals surface area (Å²) in [6.45, 7) is 0. The van der Waals surface area contributed by atoms with E-state index in [1.807, 2.05) is 66.7 Å². The minimum Gasteiger partial charge on any atom is -0.456 e. The van der Waals surface area contributed by atoms with Gasteiger partial charge in [-0.05, 0) is 64.0 Å². The quantitative estimate of drug-likeness (QED) is 0.180. The highest BCUT2D eigenvalue weighted by Gasteiger charge is 2.21. The highest BCUT2D eigenvalue weighted by Crippen LogP contribution is 2.43. The van der Waals surface area contributed by atoms with Gasteiger partial charge < -0.3 is 8.83 Å². The van der Waals surface area contributed by atoms with E-state index in [1.54, 1.807) is 11.3 Å². The van der Waals surface area contributed by atoms with Gasteiger partial charge in [0.1, 0.15) is 16.7 Å². The number of thiophene rings is 1. The van der Waals surface area contributed by atoms with Crippen molar-refractivity contribution < 1.29 is 8.83 Å². The SMILES string of the molecule is c1ccc(-c2nc(-c3ccc4ccc5oc6ccc7nc(-c8cccc9ccccc89)oc7c6c5c4c3)nc(-c3cccc4sc5ccccc5c34)n2)cc1. The number of benzene rings is 8. The molecule has 0 atom stereocenters. The molecule has 0 saturated carbocycles. The Labute approximate surface area is 317 Å². The van der Waals surface area contributed by atoms with Crippen LogP contribution in [-0.4, -0.2) is 19.9 Å². The molecular formula is C48H26N4O2S. The van der Waals surface area contributed by atoms with E-state index in [0.717, 1.165) is 76.6 Å². The molecule has 0 spiro atoms. The molecule has 0 radical (unpaired) electrons. The normalized spacial score (nSPS) is 12.0. The van der Waals surface area contributed by atoms with Crippen LogP contribution in [0.2, 0.25) is 0 Å². The zero-order valence-electron chi connectivity index (χ0n) is 29.0. The van der Waals surface area contributed by atoms with E-state index in [1.165, 1.54) is 14.8 Å². The first-order chi connectivity index (χ1) is 27.2. The molecule has 256 valence electrons. The fraction of sp³-hybridized carbons (Fsp3) is 0. The Balaban J connectivity index is 1.09. The van der Waals surface area contributed by atoms with Crippen LogP contribution < -0.4 is 0 Å². The molecule has 0 N–H and O–H groups in total. The van der Waals surface area contributed by atoms with E-state index in [-0.39, 0.29) is 0 Å². The molecule has 0 aliphatic heterocycles. The number of hydrogen-bond donors (Lipinski definition) is 0. The molecule has 12 rings (SSSR count). The van der Waals surface area contributed by atoms with Crippen LogP contribution in [0.4, 0.5) is 0 Å². The van der Waals surface area contributed by atoms with Gasteiger partial charge in [-0.25, -0.2) is 19.9 Å². The molecule has 0 aliphatic carbocycles. The number of nitrogens with zero attached hydrogens (tertiary/aromatic N) is 4. The molecule has 4 heterocycles. The Morgan fingerprint density at radius 2 is 1.07 bits per heavy atom. The third-order valence-corrected chi connectivity index (χ3v) is 11.7. The van der Waals surface area contributed by atoms with Crippen molar-refractivity contribution >= 4 is 86.1 Å². The maximum absolute atomic E-state index is 6.69. The van der Waals surface area contributed by atoms with Crippen molar-refractivity contribution in [3.05, 3.63) is 158 Å². The fourth-order valence-electron chi connectivity index (χ4n) is 8.03. The number of rotatable bonds is 4. The molecule has 0 amide bonds. The fourth-order valence-corrected chi connectivity index (χ4v) is 9.16. The van der Waals surface area contributed by atoms with E-state index in [2.05, 4.69) is 91.0 Å². The van der Waals surface area contributed by atoms with Gasteiger partial charge in [0.2, 0.25) is 5.89 Å². The lowest BCUT2D eigenvalue weighted by molar-refractivity contribution is 0.623. The summed E-state index contributed by atoms with van der Waals surface area (Å²) < 4.78 is 15.6. The molecule has 0 aliphatic rings. The number of hydrogen-bond acceptors (Lipinski definition) is 7. The zero-order valence-corrected chi connectivity index (χ0v) is 29.8. The van der Waals surface area contributed by atoms with Crippen LogP contribution in [0.15, 0.2) is 167 Å². The van der Waals surface area contributed by atoms with Crippen LogP contribution in [0.25, 0.3) is 120 Å². The Morgan fingerprint density at radius 3 is 2.00 bits per heavy atom. The van der Waals surface area contributed by atoms with Crippen LogP contribution in [-0.2, 0) is 0 Å². The molecule has 6 nitrogen and oxygen atoms in total. The van der Waals surface area contributed by atoms with Gasteiger partial charge in [0.25, 0.3) is 0 Å². The maximum Gasteiger partial charge on any atom is 0.227 e. The number of furan rings is 1. The van der Waals surface area contributed by atoms with Gasteiger partial charge in [0.05, 0.1) is 5.39 Å². The van der Waals surface area contributed by atoms with Crippen molar-refractivity contribution in [3.63, 3.8) is 0 Å². The monoisotopic (exact) mass is 722 g/mol. The van der Waals surface area contributed by atoms with E-state index in [4.69, 9.17) is 28.8 Å². The molecule has 0 saturated heterocycles. The summed E-state index contributed by atoms with van der Waals surface area (Å²) in [6.07, 6.45) is 0. The minimum absolute atomic E-state index is 0.578. The second-order valence-electron chi connectivity index (χ2n) is 13.8. The summed E-state index contributed by atoms with van der Waals surface area (Å²) in [4.78, 5) is 20.4. The average molecular weight is 723 g/mol. The summed E-state index contributed by atoms with van der Waals surface area (Å²) in [5.41, 5.74) is 6.71. The van der Waals surface area contributed by atoms with Gasteiger partial charge in [-0.15, -0.1) is 11.3 Å². The second kappa shape index (κ2) is 11.6. The van der Waals surface area contributed by atoms with Crippen LogP contribution in [0, 0.1) is 0 Å². The number of fused-ring (bicyclic) bond motifs is 11. The standard InChI is InChI=1S/C48H26N4O2S/c1-2-11-29(12-3-1)45-50-46(52-47(51-45)34-17-9-19-40-41(34)33-15-6-7-18-39(33)55-40)30-21-20-28-22-24-37-42(35(28)26-30)43-38(53-37)25-23-36-44(43)54-48(49-36)32-16-8-13-27-10-4-5-14-31(27)32/h1-26H. The first kappa shape index (κ1) is 30.3. The van der Waals surface area contributed by atoms with Crippen molar-refractivity contribution in [2.45, 2.75) is 0 Å². The highest BCUT2D eigenvalue weighted by molar-refractivity contribution is 7.25. The summed E-state index contributed by atoms with van der Waals surface area (Å²) in [5, 5.41) is 8.52. The summed E-state index contributed by atoms with van der Waals surface area (Å²) in [6, 6.07) is 54.0. The van der Waals surface area contributed by atoms with E-state index in [9.17, 15) is 0 Å². The van der Waals surface area contributed by atoms with Gasteiger partial charge in [-0.3, -0.25) is 0 Å². The van der Waals surface area contributed by atoms with Gasteiger partial charge >= 0.3 is 0 Å². The second-order valence-corrected chi connectivity index (χ2v) is 14.8. The molecule has 12 aromatic rings. The molecule has 4 aromatic heterocycles. The Hall–Kier alpha value is -7.22. The van der Waals surface area contributed by atoms with Crippen molar-refractivity contribution in [1.82, 2.24) is 19.9 Å². The van der Waals surface area contributed by atoms with E-state index >= 15 is 0 Å². The summed E-state index contributed by atoms with van der Waals surface area (Å²) >= 11 is 1.78. The molecule has 0 unspecified atom stereocenters. The molecule has 8 aromatic carbocycles. The Kier molecular flexibility index (Phi) is 6.40. The van der Waals surface area contributed by atoms with Crippen molar-refractivity contribution in [2.75, 3.05) is 0 Å². The number of oxazole rings is 1. The lowest BCUT2D eigenvalue weighted by Crippen LogP contribution is -2.00. The maximum atomic E-state index is 6.69. The van der Waals surface area contributed by atoms with E-state index in [0.29, 0.717) is 28.9 Å². The zero-order chi connectivity index (χ0) is 36.0. The van der Waals surface area contributed by atoms with E-state index < -0.39 is 0 Å². The predicted octanol–water partition coefficient (Wildman–Crippen LogP) is 13.3. The van der Waals surface area contributed by atoms with Crippen LogP contribution in [0.5, 0.6) is 0 Å². The van der Waals surface area contributed by atoms with Gasteiger partial charge in [0.15, 0.2) is 23.1 Å². The first-order valence-corrected chi connectivity index (χ1v) is 18.9. The topological polar surface area (TPSA) is 77.8 Å². The molecule has 0 bridgehead atoms. The highest BCUT2D eigenvalue weighted by atomic mass is 32.1. The van der Waals surface area contributed by atoms with Crippen LogP contribution in [0.1, 0.15) is 0 Å². The van der Waals surface area contributed by atoms with Crippen molar-refractivity contribution in [1.29, 1.82) is 0 Å². The molecule has 7 heteroatoms. The Morgan fingerprint density at radius 1 is 0.400 bits per heavy atom. The minimum atomic E-state index is 0.578. The smallest absolute Gasteiger partial charge is 0.227 e.